The van der Waals surface area contributed by atoms with Crippen LogP contribution in [0.5, 0.6) is 0 Å². The molecule has 1 heteroatoms. The molecule has 0 aliphatic heterocycles. The number of fused-ring (bicyclic) bond motifs is 7. The van der Waals surface area contributed by atoms with Crippen molar-refractivity contribution in [1.82, 2.24) is 0 Å². The Balaban J connectivity index is 1.50. The van der Waals surface area contributed by atoms with Crippen molar-refractivity contribution in [2.24, 2.45) is 40.9 Å². The van der Waals surface area contributed by atoms with Crippen LogP contribution in [0.1, 0.15) is 58.3 Å². The fourth-order valence-electron chi connectivity index (χ4n) is 7.23. The van der Waals surface area contributed by atoms with Crippen molar-refractivity contribution in [3.8, 4) is 0 Å². The number of rotatable bonds is 0. The smallest absolute Gasteiger partial charge is 0.0627 e. The van der Waals surface area contributed by atoms with Crippen LogP contribution < -0.4 is 0 Å². The van der Waals surface area contributed by atoms with Gasteiger partial charge in [-0.05, 0) is 92.3 Å². The third kappa shape index (κ3) is 1.39. The van der Waals surface area contributed by atoms with Crippen LogP contribution in [0, 0.1) is 40.9 Å². The summed E-state index contributed by atoms with van der Waals surface area (Å²) in [5.74, 6) is 5.30. The molecule has 5 aliphatic rings. The Kier molecular flexibility index (Phi) is 2.40. The van der Waals surface area contributed by atoms with Crippen LogP contribution in [0.2, 0.25) is 0 Å². The second-order valence-electron chi connectivity index (χ2n) is 8.76. The van der Waals surface area contributed by atoms with Crippen molar-refractivity contribution in [2.75, 3.05) is 0 Å². The molecule has 0 aromatic carbocycles. The zero-order chi connectivity index (χ0) is 13.5. The van der Waals surface area contributed by atoms with Crippen LogP contribution in [0.3, 0.4) is 0 Å². The van der Waals surface area contributed by atoms with E-state index in [4.69, 9.17) is 0 Å². The highest BCUT2D eigenvalue weighted by atomic mass is 16.3. The Morgan fingerprint density at radius 1 is 1.10 bits per heavy atom. The van der Waals surface area contributed by atoms with Gasteiger partial charge in [-0.2, -0.15) is 0 Å². The largest absolute Gasteiger partial charge is 0.392 e. The fraction of sp³-hybridized carbons (Fsp3) is 0.895. The highest BCUT2D eigenvalue weighted by Crippen LogP contribution is 2.71. The van der Waals surface area contributed by atoms with E-state index < -0.39 is 0 Å². The highest BCUT2D eigenvalue weighted by Gasteiger charge is 2.68. The minimum Gasteiger partial charge on any atom is -0.392 e. The summed E-state index contributed by atoms with van der Waals surface area (Å²) in [5, 5.41) is 10.7. The van der Waals surface area contributed by atoms with Gasteiger partial charge in [0.1, 0.15) is 0 Å². The lowest BCUT2D eigenvalue weighted by Crippen LogP contribution is -2.49. The molecule has 1 nitrogen and oxygen atoms in total. The quantitative estimate of drug-likeness (QED) is 0.656. The molecular weight excluding hydrogens is 244 g/mol. The molecule has 5 aliphatic carbocycles. The first-order valence-electron chi connectivity index (χ1n) is 9.07. The molecule has 0 bridgehead atoms. The van der Waals surface area contributed by atoms with E-state index in [1.807, 2.05) is 5.57 Å². The summed E-state index contributed by atoms with van der Waals surface area (Å²) < 4.78 is 0. The minimum absolute atomic E-state index is 0.0294. The normalized spacial score (nSPS) is 59.9. The van der Waals surface area contributed by atoms with Crippen molar-refractivity contribution in [3.63, 3.8) is 0 Å². The summed E-state index contributed by atoms with van der Waals surface area (Å²) >= 11 is 0. The third-order valence-electron chi connectivity index (χ3n) is 8.11. The summed E-state index contributed by atoms with van der Waals surface area (Å²) in [4.78, 5) is 0. The lowest BCUT2D eigenvalue weighted by Gasteiger charge is -2.54. The molecule has 5 rings (SSSR count). The van der Waals surface area contributed by atoms with Gasteiger partial charge in [0.15, 0.2) is 0 Å². The number of hydrogen-bond donors (Lipinski definition) is 1. The number of hydrogen-bond acceptors (Lipinski definition) is 1. The van der Waals surface area contributed by atoms with E-state index in [1.54, 1.807) is 0 Å². The van der Waals surface area contributed by atoms with Gasteiger partial charge >= 0.3 is 0 Å². The van der Waals surface area contributed by atoms with Crippen molar-refractivity contribution in [3.05, 3.63) is 11.6 Å². The molecule has 8 atom stereocenters. The maximum Gasteiger partial charge on any atom is 0.0627 e. The van der Waals surface area contributed by atoms with E-state index in [2.05, 4.69) is 13.0 Å². The highest BCUT2D eigenvalue weighted by molar-refractivity contribution is 5.22. The Labute approximate surface area is 122 Å². The maximum atomic E-state index is 10.7. The number of allylic oxidation sites excluding steroid dienone is 2. The Bertz CT molecular complexity index is 466. The van der Waals surface area contributed by atoms with Gasteiger partial charge in [-0.25, -0.2) is 0 Å². The Morgan fingerprint density at radius 3 is 2.90 bits per heavy atom. The molecule has 20 heavy (non-hydrogen) atoms. The van der Waals surface area contributed by atoms with E-state index in [0.29, 0.717) is 5.92 Å². The van der Waals surface area contributed by atoms with E-state index >= 15 is 0 Å². The van der Waals surface area contributed by atoms with Crippen LogP contribution in [-0.4, -0.2) is 11.2 Å². The van der Waals surface area contributed by atoms with Crippen LogP contribution in [-0.2, 0) is 0 Å². The average Bonchev–Trinajstić information content (AvgIpc) is 3.21. The van der Waals surface area contributed by atoms with Gasteiger partial charge in [0, 0.05) is 0 Å². The minimum atomic E-state index is 0.0294. The van der Waals surface area contributed by atoms with Crippen molar-refractivity contribution in [2.45, 2.75) is 64.4 Å². The first-order chi connectivity index (χ1) is 9.70. The maximum absolute atomic E-state index is 10.7. The Morgan fingerprint density at radius 2 is 2.00 bits per heavy atom. The van der Waals surface area contributed by atoms with Gasteiger partial charge in [-0.3, -0.25) is 0 Å². The molecule has 110 valence electrons. The van der Waals surface area contributed by atoms with Gasteiger partial charge in [0.2, 0.25) is 0 Å². The Hall–Kier alpha value is -0.300. The van der Waals surface area contributed by atoms with Gasteiger partial charge in [-0.15, -0.1) is 0 Å². The summed E-state index contributed by atoms with van der Waals surface area (Å²) in [6.45, 7) is 2.43. The topological polar surface area (TPSA) is 20.2 Å². The zero-order valence-electron chi connectivity index (χ0n) is 12.7. The average molecular weight is 272 g/mol. The summed E-state index contributed by atoms with van der Waals surface area (Å²) in [7, 11) is 0. The lowest BCUT2D eigenvalue weighted by molar-refractivity contribution is -0.0735. The molecule has 1 N–H and O–H groups in total. The molecule has 0 amide bonds. The van der Waals surface area contributed by atoms with E-state index in [9.17, 15) is 5.11 Å². The molecule has 0 radical (unpaired) electrons. The molecule has 0 heterocycles. The van der Waals surface area contributed by atoms with E-state index in [-0.39, 0.29) is 11.5 Å². The number of aliphatic hydroxyl groups excluding tert-OH is 1. The summed E-state index contributed by atoms with van der Waals surface area (Å²) in [6, 6.07) is 0. The van der Waals surface area contributed by atoms with Crippen LogP contribution in [0.15, 0.2) is 11.6 Å². The third-order valence-corrected chi connectivity index (χ3v) is 8.11. The first-order valence-corrected chi connectivity index (χ1v) is 9.07. The second-order valence-corrected chi connectivity index (χ2v) is 8.76. The van der Waals surface area contributed by atoms with E-state index in [1.165, 1.54) is 51.4 Å². The molecule has 4 saturated carbocycles. The van der Waals surface area contributed by atoms with Crippen LogP contribution in [0.25, 0.3) is 0 Å². The van der Waals surface area contributed by atoms with Crippen molar-refractivity contribution in [1.29, 1.82) is 0 Å². The van der Waals surface area contributed by atoms with Gasteiger partial charge in [0.25, 0.3) is 0 Å². The standard InChI is InChI=1S/C19H28O/c1-19-9-8-13-12-5-3-2-4-11(12)6-7-14(13)17(19)15-10-16(15)18(19)20/h4,12-18,20H,2-3,5-10H2,1H3/t12-,13+,14+,15-,16+,17+,18-,19-/m0/s1. The predicted molar refractivity (Wildman–Crippen MR) is 80.1 cm³/mol. The zero-order valence-corrected chi connectivity index (χ0v) is 12.7. The molecular formula is C19H28O. The summed E-state index contributed by atoms with van der Waals surface area (Å²) in [6.07, 6.45) is 13.7. The van der Waals surface area contributed by atoms with Gasteiger partial charge in [-0.1, -0.05) is 18.6 Å². The molecule has 0 saturated heterocycles. The molecule has 0 spiro atoms. The van der Waals surface area contributed by atoms with Crippen LogP contribution >= 0.6 is 0 Å². The molecule has 0 unspecified atom stereocenters. The monoisotopic (exact) mass is 272 g/mol. The van der Waals surface area contributed by atoms with Crippen molar-refractivity contribution < 1.29 is 5.11 Å². The summed E-state index contributed by atoms with van der Waals surface area (Å²) in [5.41, 5.74) is 2.11. The molecule has 0 aromatic rings. The molecule has 4 fully saturated rings. The lowest BCUT2D eigenvalue weighted by atomic mass is 9.51. The second kappa shape index (κ2) is 3.91. The van der Waals surface area contributed by atoms with Crippen molar-refractivity contribution >= 4 is 0 Å². The number of aliphatic hydroxyl groups is 1. The van der Waals surface area contributed by atoms with Crippen LogP contribution in [0.4, 0.5) is 0 Å². The SMILES string of the molecule is C[C@]12CC[C@H]3[C@@H](CCC4=CCCC[C@@H]43)[C@@H]1[C@H]1C[C@H]1[C@@H]2O. The fourth-order valence-corrected chi connectivity index (χ4v) is 7.23. The first kappa shape index (κ1) is 12.3. The van der Waals surface area contributed by atoms with Gasteiger partial charge in [0.05, 0.1) is 6.10 Å². The predicted octanol–water partition coefficient (Wildman–Crippen LogP) is 4.17. The van der Waals surface area contributed by atoms with Gasteiger partial charge < -0.3 is 5.11 Å². The van der Waals surface area contributed by atoms with E-state index in [0.717, 1.165) is 29.6 Å². The molecule has 0 aromatic heterocycles.